The second kappa shape index (κ2) is 14.5. The summed E-state index contributed by atoms with van der Waals surface area (Å²) in [5, 5.41) is 20.5. The lowest BCUT2D eigenvalue weighted by Crippen LogP contribution is -2.29. The molecule has 0 saturated carbocycles. The number of aryl methyl sites for hydroxylation is 1. The van der Waals surface area contributed by atoms with E-state index in [2.05, 4.69) is 89.5 Å². The number of benzene rings is 3. The Morgan fingerprint density at radius 3 is 2.48 bits per heavy atom. The second-order valence-electron chi connectivity index (χ2n) is 12.5. The molecular weight excluding hydrogens is 658 g/mol. The second-order valence-corrected chi connectivity index (χ2v) is 15.1. The summed E-state index contributed by atoms with van der Waals surface area (Å²) in [7, 11) is 0. The van der Waals surface area contributed by atoms with Crippen molar-refractivity contribution in [1.82, 2.24) is 29.7 Å². The molecule has 6 rings (SSSR count). The summed E-state index contributed by atoms with van der Waals surface area (Å²) >= 11 is 9.91. The van der Waals surface area contributed by atoms with Crippen LogP contribution in [0.4, 0.5) is 10.6 Å². The minimum absolute atomic E-state index is 0.212. The van der Waals surface area contributed by atoms with Crippen molar-refractivity contribution in [3.8, 4) is 17.1 Å². The molecule has 0 atom stereocenters. The third kappa shape index (κ3) is 7.56. The predicted octanol–water partition coefficient (Wildman–Crippen LogP) is 9.82. The van der Waals surface area contributed by atoms with E-state index >= 15 is 0 Å². The zero-order valence-electron chi connectivity index (χ0n) is 27.6. The van der Waals surface area contributed by atoms with Gasteiger partial charge in [-0.05, 0) is 66.6 Å². The summed E-state index contributed by atoms with van der Waals surface area (Å²) in [6.07, 6.45) is 3.18. The Balaban J connectivity index is 1.20. The standard InChI is InChI=1S/C37H38ClN7OS2/c1-6-19-47-31-14-10-8-12-28(31)35-42-41-33-18-17-27(23-44(33)35)48-30-13-9-7-11-25(30)22-39-36(46)40-34-21-32(37(3,4)5)43-45(34)26-16-15-24(2)29(38)20-26/h7-18,20-21,23H,6,19,22H2,1-5H3,(H2,39,40,46). The zero-order valence-corrected chi connectivity index (χ0v) is 30.0. The first kappa shape index (κ1) is 33.6. The molecule has 0 aliphatic heterocycles. The van der Waals surface area contributed by atoms with Gasteiger partial charge in [0.1, 0.15) is 5.82 Å². The zero-order chi connectivity index (χ0) is 33.8. The maximum atomic E-state index is 13.3. The van der Waals surface area contributed by atoms with E-state index in [1.54, 1.807) is 16.4 Å². The van der Waals surface area contributed by atoms with Crippen LogP contribution in [0.3, 0.4) is 0 Å². The first-order valence-electron chi connectivity index (χ1n) is 15.9. The van der Waals surface area contributed by atoms with E-state index < -0.39 is 0 Å². The molecule has 0 spiro atoms. The SMILES string of the molecule is CCCSc1ccccc1-c1nnc2ccc(Sc3ccccc3CNC(=O)Nc3cc(C(C)(C)C)nn3-c3ccc(C)c(Cl)c3)cn12. The van der Waals surface area contributed by atoms with Crippen LogP contribution in [0, 0.1) is 6.92 Å². The molecule has 0 bridgehead atoms. The summed E-state index contributed by atoms with van der Waals surface area (Å²) in [5.41, 5.74) is 5.25. The largest absolute Gasteiger partial charge is 0.334 e. The quantitative estimate of drug-likeness (QED) is 0.139. The molecule has 2 amide bonds. The highest BCUT2D eigenvalue weighted by atomic mass is 35.5. The van der Waals surface area contributed by atoms with Gasteiger partial charge in [0.05, 0.1) is 11.4 Å². The molecule has 0 aliphatic rings. The Hall–Kier alpha value is -4.25. The predicted molar refractivity (Wildman–Crippen MR) is 198 cm³/mol. The average Bonchev–Trinajstić information content (AvgIpc) is 3.69. The molecule has 3 heterocycles. The van der Waals surface area contributed by atoms with E-state index in [-0.39, 0.29) is 11.4 Å². The molecule has 2 N–H and O–H groups in total. The van der Waals surface area contributed by atoms with Gasteiger partial charge in [-0.25, -0.2) is 9.48 Å². The van der Waals surface area contributed by atoms with Crippen LogP contribution < -0.4 is 10.6 Å². The van der Waals surface area contributed by atoms with Crippen LogP contribution in [-0.2, 0) is 12.0 Å². The van der Waals surface area contributed by atoms with E-state index in [1.165, 1.54) is 4.90 Å². The molecule has 0 fully saturated rings. The normalized spacial score (nSPS) is 11.6. The smallest absolute Gasteiger partial charge is 0.320 e. The average molecular weight is 696 g/mol. The number of thioether (sulfide) groups is 1. The fraction of sp³-hybridized carbons (Fsp3) is 0.243. The van der Waals surface area contributed by atoms with Crippen LogP contribution in [0.2, 0.25) is 5.02 Å². The molecule has 8 nitrogen and oxygen atoms in total. The van der Waals surface area contributed by atoms with Crippen LogP contribution >= 0.6 is 35.1 Å². The fourth-order valence-corrected chi connectivity index (χ4v) is 7.12. The van der Waals surface area contributed by atoms with Crippen molar-refractivity contribution in [1.29, 1.82) is 0 Å². The summed E-state index contributed by atoms with van der Waals surface area (Å²) < 4.78 is 3.78. The van der Waals surface area contributed by atoms with E-state index in [0.29, 0.717) is 17.4 Å². The van der Waals surface area contributed by atoms with Gasteiger partial charge in [-0.1, -0.05) is 93.5 Å². The Labute approximate surface area is 294 Å². The van der Waals surface area contributed by atoms with Crippen molar-refractivity contribution in [2.24, 2.45) is 0 Å². The van der Waals surface area contributed by atoms with E-state index in [0.717, 1.165) is 61.5 Å². The molecule has 48 heavy (non-hydrogen) atoms. The summed E-state index contributed by atoms with van der Waals surface area (Å²) in [5.74, 6) is 2.42. The van der Waals surface area contributed by atoms with Crippen molar-refractivity contribution in [2.75, 3.05) is 11.1 Å². The maximum Gasteiger partial charge on any atom is 0.320 e. The van der Waals surface area contributed by atoms with Crippen LogP contribution in [-0.4, -0.2) is 36.2 Å². The lowest BCUT2D eigenvalue weighted by Gasteiger charge is -2.14. The van der Waals surface area contributed by atoms with Crippen LogP contribution in [0.25, 0.3) is 22.7 Å². The number of carbonyl (C=O) groups excluding carboxylic acids is 1. The molecule has 0 saturated heterocycles. The lowest BCUT2D eigenvalue weighted by molar-refractivity contribution is 0.251. The topological polar surface area (TPSA) is 89.1 Å². The minimum atomic E-state index is -0.329. The van der Waals surface area contributed by atoms with Gasteiger partial charge in [-0.15, -0.1) is 22.0 Å². The van der Waals surface area contributed by atoms with Gasteiger partial charge in [0.2, 0.25) is 0 Å². The summed E-state index contributed by atoms with van der Waals surface area (Å²) in [4.78, 5) is 16.6. The van der Waals surface area contributed by atoms with Gasteiger partial charge in [0.25, 0.3) is 0 Å². The van der Waals surface area contributed by atoms with Crippen LogP contribution in [0.1, 0.15) is 50.9 Å². The van der Waals surface area contributed by atoms with Gasteiger partial charge in [0, 0.05) is 49.5 Å². The highest BCUT2D eigenvalue weighted by molar-refractivity contribution is 7.99. The number of urea groups is 1. The van der Waals surface area contributed by atoms with Gasteiger partial charge < -0.3 is 5.32 Å². The third-order valence-electron chi connectivity index (χ3n) is 7.72. The van der Waals surface area contributed by atoms with E-state index in [1.807, 2.05) is 73.3 Å². The highest BCUT2D eigenvalue weighted by Crippen LogP contribution is 2.34. The molecule has 3 aromatic carbocycles. The number of rotatable bonds is 10. The van der Waals surface area contributed by atoms with E-state index in [9.17, 15) is 4.79 Å². The molecule has 0 aliphatic carbocycles. The van der Waals surface area contributed by atoms with Crippen molar-refractivity contribution >= 4 is 52.6 Å². The number of hydrogen-bond donors (Lipinski definition) is 2. The molecule has 0 unspecified atom stereocenters. The lowest BCUT2D eigenvalue weighted by atomic mass is 9.92. The number of fused-ring (bicyclic) bond motifs is 1. The van der Waals surface area contributed by atoms with Gasteiger partial charge >= 0.3 is 6.03 Å². The number of aromatic nitrogens is 5. The number of anilines is 1. The number of amides is 2. The van der Waals surface area contributed by atoms with Crippen molar-refractivity contribution in [3.63, 3.8) is 0 Å². The first-order valence-corrected chi connectivity index (χ1v) is 18.0. The van der Waals surface area contributed by atoms with Crippen molar-refractivity contribution in [3.05, 3.63) is 113 Å². The number of halogens is 1. The molecule has 0 radical (unpaired) electrons. The molecule has 6 aromatic rings. The van der Waals surface area contributed by atoms with Crippen molar-refractivity contribution in [2.45, 2.75) is 67.7 Å². The molecule has 11 heteroatoms. The molecular formula is C37H38ClN7OS2. The number of carbonyl (C=O) groups is 1. The maximum absolute atomic E-state index is 13.3. The van der Waals surface area contributed by atoms with Crippen molar-refractivity contribution < 1.29 is 4.79 Å². The first-order chi connectivity index (χ1) is 23.1. The highest BCUT2D eigenvalue weighted by Gasteiger charge is 2.22. The fourth-order valence-electron chi connectivity index (χ4n) is 5.06. The molecule has 246 valence electrons. The minimum Gasteiger partial charge on any atom is -0.334 e. The van der Waals surface area contributed by atoms with Crippen LogP contribution in [0.15, 0.2) is 106 Å². The number of hydrogen-bond acceptors (Lipinski definition) is 6. The monoisotopic (exact) mass is 695 g/mol. The molecule has 3 aromatic heterocycles. The summed E-state index contributed by atoms with van der Waals surface area (Å²) in [6, 6.07) is 27.8. The van der Waals surface area contributed by atoms with Crippen LogP contribution in [0.5, 0.6) is 0 Å². The van der Waals surface area contributed by atoms with Gasteiger partial charge in [-0.3, -0.25) is 9.72 Å². The Bertz CT molecular complexity index is 2080. The third-order valence-corrected chi connectivity index (χ3v) is 10.5. The Morgan fingerprint density at radius 2 is 1.71 bits per heavy atom. The number of nitrogens with one attached hydrogen (secondary N) is 2. The Morgan fingerprint density at radius 1 is 0.938 bits per heavy atom. The summed E-state index contributed by atoms with van der Waals surface area (Å²) in [6.45, 7) is 10.8. The van der Waals surface area contributed by atoms with Gasteiger partial charge in [-0.2, -0.15) is 5.10 Å². The Kier molecular flexibility index (Phi) is 10.1. The number of nitrogens with zero attached hydrogens (tertiary/aromatic N) is 5. The van der Waals surface area contributed by atoms with E-state index in [4.69, 9.17) is 16.7 Å². The number of pyridine rings is 1. The van der Waals surface area contributed by atoms with Gasteiger partial charge in [0.15, 0.2) is 11.5 Å².